The van der Waals surface area contributed by atoms with Gasteiger partial charge in [-0.15, -0.1) is 11.3 Å². The van der Waals surface area contributed by atoms with Gasteiger partial charge in [0.05, 0.1) is 39.0 Å². The molecular weight excluding hydrogens is 516 g/mol. The molecule has 3 aromatic rings. The number of benzene rings is 2. The fourth-order valence-corrected chi connectivity index (χ4v) is 4.84. The Balaban J connectivity index is 1.76. The maximum absolute atomic E-state index is 13.6. The van der Waals surface area contributed by atoms with Crippen LogP contribution in [0.2, 0.25) is 0 Å². The Hall–Kier alpha value is -4.07. The molecule has 0 bridgehead atoms. The summed E-state index contributed by atoms with van der Waals surface area (Å²) < 4.78 is 15.9. The number of methoxy groups -OCH3 is 3. The zero-order valence-corrected chi connectivity index (χ0v) is 23.5. The first kappa shape index (κ1) is 29.5. The Morgan fingerprint density at radius 1 is 0.974 bits per heavy atom. The van der Waals surface area contributed by atoms with Gasteiger partial charge in [-0.3, -0.25) is 4.79 Å². The Labute approximate surface area is 233 Å². The van der Waals surface area contributed by atoms with E-state index in [0.717, 1.165) is 15.3 Å². The summed E-state index contributed by atoms with van der Waals surface area (Å²) in [5.74, 6) is 1.09. The van der Waals surface area contributed by atoms with E-state index in [2.05, 4.69) is 11.4 Å². The van der Waals surface area contributed by atoms with Crippen LogP contribution in [-0.4, -0.2) is 69.3 Å². The lowest BCUT2D eigenvalue weighted by Crippen LogP contribution is -2.46. The molecule has 0 aliphatic carbocycles. The summed E-state index contributed by atoms with van der Waals surface area (Å²) in [5.41, 5.74) is 1.91. The van der Waals surface area contributed by atoms with E-state index in [4.69, 9.17) is 19.5 Å². The molecule has 0 fully saturated rings. The molecule has 0 aliphatic rings. The Kier molecular flexibility index (Phi) is 11.2. The average molecular weight is 551 g/mol. The van der Waals surface area contributed by atoms with Crippen LogP contribution in [0.4, 0.5) is 10.5 Å². The molecule has 10 heteroatoms. The van der Waals surface area contributed by atoms with Crippen molar-refractivity contribution < 1.29 is 23.8 Å². The van der Waals surface area contributed by atoms with Crippen LogP contribution in [-0.2, 0) is 22.5 Å². The molecule has 0 aliphatic heterocycles. The van der Waals surface area contributed by atoms with Crippen molar-refractivity contribution in [1.29, 1.82) is 5.26 Å². The van der Waals surface area contributed by atoms with E-state index in [1.165, 1.54) is 4.90 Å². The largest absolute Gasteiger partial charge is 0.493 e. The average Bonchev–Trinajstić information content (AvgIpc) is 3.37. The number of nitrogens with zero attached hydrogens (tertiary/aromatic N) is 3. The van der Waals surface area contributed by atoms with Crippen molar-refractivity contribution in [3.05, 3.63) is 75.5 Å². The lowest BCUT2D eigenvalue weighted by molar-refractivity contribution is -0.132. The molecule has 1 heterocycles. The van der Waals surface area contributed by atoms with Crippen molar-refractivity contribution in [3.8, 4) is 17.6 Å². The molecule has 3 amide bonds. The number of aryl methyl sites for hydroxylation is 1. The van der Waals surface area contributed by atoms with E-state index >= 15 is 0 Å². The predicted molar refractivity (Wildman–Crippen MR) is 151 cm³/mol. The SMILES string of the molecule is COCCN(CC(=O)N(CCc1ccc(OC)c(OC)c1)Cc1ccc(C)s1)C(=O)Nc1cccc(C#N)c1. The zero-order chi connectivity index (χ0) is 28.2. The normalized spacial score (nSPS) is 10.4. The molecular formula is C29H34N4O5S. The maximum Gasteiger partial charge on any atom is 0.322 e. The van der Waals surface area contributed by atoms with Crippen molar-refractivity contribution >= 4 is 29.0 Å². The summed E-state index contributed by atoms with van der Waals surface area (Å²) in [6, 6.07) is 18.0. The number of urea groups is 1. The van der Waals surface area contributed by atoms with Crippen molar-refractivity contribution in [2.75, 3.05) is 52.9 Å². The third kappa shape index (κ3) is 8.74. The van der Waals surface area contributed by atoms with E-state index in [1.807, 2.05) is 37.3 Å². The summed E-state index contributed by atoms with van der Waals surface area (Å²) in [5, 5.41) is 12.0. The van der Waals surface area contributed by atoms with Crippen molar-refractivity contribution in [2.24, 2.45) is 0 Å². The number of nitriles is 1. The second kappa shape index (κ2) is 14.8. The smallest absolute Gasteiger partial charge is 0.322 e. The third-order valence-electron chi connectivity index (χ3n) is 6.04. The lowest BCUT2D eigenvalue weighted by atomic mass is 10.1. The van der Waals surface area contributed by atoms with Gasteiger partial charge in [-0.25, -0.2) is 4.79 Å². The molecule has 9 nitrogen and oxygen atoms in total. The topological polar surface area (TPSA) is 104 Å². The minimum Gasteiger partial charge on any atom is -0.493 e. The third-order valence-corrected chi connectivity index (χ3v) is 7.02. The van der Waals surface area contributed by atoms with Crippen LogP contribution in [0.25, 0.3) is 0 Å². The second-order valence-corrected chi connectivity index (χ2v) is 10.2. The quantitative estimate of drug-likeness (QED) is 0.331. The zero-order valence-electron chi connectivity index (χ0n) is 22.7. The predicted octanol–water partition coefficient (Wildman–Crippen LogP) is 4.70. The number of nitrogens with one attached hydrogen (secondary N) is 1. The van der Waals surface area contributed by atoms with E-state index < -0.39 is 6.03 Å². The molecule has 0 saturated heterocycles. The van der Waals surface area contributed by atoms with Crippen molar-refractivity contribution in [3.63, 3.8) is 0 Å². The highest BCUT2D eigenvalue weighted by molar-refractivity contribution is 7.11. The first-order valence-electron chi connectivity index (χ1n) is 12.5. The highest BCUT2D eigenvalue weighted by Crippen LogP contribution is 2.28. The van der Waals surface area contributed by atoms with Gasteiger partial charge < -0.3 is 29.3 Å². The molecule has 0 unspecified atom stereocenters. The van der Waals surface area contributed by atoms with E-state index in [9.17, 15) is 9.59 Å². The van der Waals surface area contributed by atoms with Crippen molar-refractivity contribution in [2.45, 2.75) is 19.9 Å². The molecule has 39 heavy (non-hydrogen) atoms. The van der Waals surface area contributed by atoms with Gasteiger partial charge in [0, 0.05) is 35.6 Å². The van der Waals surface area contributed by atoms with E-state index in [1.54, 1.807) is 61.8 Å². The first-order valence-corrected chi connectivity index (χ1v) is 13.3. The summed E-state index contributed by atoms with van der Waals surface area (Å²) in [4.78, 5) is 32.2. The standard InChI is InChI=1S/C29H34N4O5S/c1-21-8-10-25(39-21)19-32(13-12-22-9-11-26(37-3)27(17-22)38-4)28(34)20-33(14-15-36-2)29(35)31-24-7-5-6-23(16-24)18-30/h5-11,16-17H,12-15,19-20H2,1-4H3,(H,31,35). The van der Waals surface area contributed by atoms with Gasteiger partial charge in [-0.2, -0.15) is 5.26 Å². The van der Waals surface area contributed by atoms with Crippen LogP contribution in [0.1, 0.15) is 20.9 Å². The van der Waals surface area contributed by atoms with Crippen LogP contribution in [0.15, 0.2) is 54.6 Å². The molecule has 206 valence electrons. The molecule has 1 N–H and O–H groups in total. The Bertz CT molecular complexity index is 1300. The number of carbonyl (C=O) groups is 2. The minimum absolute atomic E-state index is 0.122. The number of ether oxygens (including phenoxy) is 3. The number of rotatable bonds is 13. The molecule has 1 aromatic heterocycles. The fraction of sp³-hybridized carbons (Fsp3) is 0.345. The summed E-state index contributed by atoms with van der Waals surface area (Å²) in [6.07, 6.45) is 0.599. The fourth-order valence-electron chi connectivity index (χ4n) is 3.94. The van der Waals surface area contributed by atoms with Gasteiger partial charge in [0.15, 0.2) is 11.5 Å². The summed E-state index contributed by atoms with van der Waals surface area (Å²) in [6.45, 7) is 3.30. The van der Waals surface area contributed by atoms with Crippen LogP contribution >= 0.6 is 11.3 Å². The molecule has 0 saturated carbocycles. The van der Waals surface area contributed by atoms with Gasteiger partial charge in [0.2, 0.25) is 5.91 Å². The van der Waals surface area contributed by atoms with Crippen molar-refractivity contribution in [1.82, 2.24) is 9.80 Å². The first-order chi connectivity index (χ1) is 18.9. The van der Waals surface area contributed by atoms with Crippen LogP contribution in [0, 0.1) is 18.3 Å². The Morgan fingerprint density at radius 3 is 2.44 bits per heavy atom. The number of carbonyl (C=O) groups excluding carboxylic acids is 2. The number of hydrogen-bond donors (Lipinski definition) is 1. The highest BCUT2D eigenvalue weighted by atomic mass is 32.1. The van der Waals surface area contributed by atoms with E-state index in [-0.39, 0.29) is 25.6 Å². The number of amides is 3. The number of anilines is 1. The molecule has 0 radical (unpaired) electrons. The van der Waals surface area contributed by atoms with Crippen LogP contribution in [0.3, 0.4) is 0 Å². The van der Waals surface area contributed by atoms with Crippen LogP contribution in [0.5, 0.6) is 11.5 Å². The van der Waals surface area contributed by atoms with E-state index in [0.29, 0.717) is 42.3 Å². The summed E-state index contributed by atoms with van der Waals surface area (Å²) in [7, 11) is 4.72. The summed E-state index contributed by atoms with van der Waals surface area (Å²) >= 11 is 1.64. The molecule has 2 aromatic carbocycles. The maximum atomic E-state index is 13.6. The second-order valence-electron chi connectivity index (χ2n) is 8.80. The minimum atomic E-state index is -0.442. The van der Waals surface area contributed by atoms with Gasteiger partial charge in [-0.1, -0.05) is 12.1 Å². The molecule has 0 atom stereocenters. The Morgan fingerprint density at radius 2 is 1.77 bits per heavy atom. The number of hydrogen-bond acceptors (Lipinski definition) is 7. The lowest BCUT2D eigenvalue weighted by Gasteiger charge is -2.28. The molecule has 0 spiro atoms. The van der Waals surface area contributed by atoms with Gasteiger partial charge >= 0.3 is 6.03 Å². The monoisotopic (exact) mass is 550 g/mol. The molecule has 3 rings (SSSR count). The number of thiophene rings is 1. The van der Waals surface area contributed by atoms with Gasteiger partial charge in [0.1, 0.15) is 6.54 Å². The highest BCUT2D eigenvalue weighted by Gasteiger charge is 2.22. The van der Waals surface area contributed by atoms with Gasteiger partial charge in [0.25, 0.3) is 0 Å². The van der Waals surface area contributed by atoms with Gasteiger partial charge in [-0.05, 0) is 61.4 Å². The van der Waals surface area contributed by atoms with Crippen LogP contribution < -0.4 is 14.8 Å².